The van der Waals surface area contributed by atoms with E-state index >= 15 is 0 Å². The van der Waals surface area contributed by atoms with Gasteiger partial charge in [-0.05, 0) is 36.9 Å². The lowest BCUT2D eigenvalue weighted by Gasteiger charge is -2.17. The molecule has 36 heavy (non-hydrogen) atoms. The van der Waals surface area contributed by atoms with Gasteiger partial charge in [0.1, 0.15) is 18.0 Å². The molecule has 3 aromatic rings. The minimum Gasteiger partial charge on any atom is -0.394 e. The van der Waals surface area contributed by atoms with Crippen LogP contribution < -0.4 is 5.32 Å². The molecule has 5 rings (SSSR count). The third kappa shape index (κ3) is 4.92. The number of rotatable bonds is 10. The molecule has 2 saturated carbocycles. The predicted octanol–water partition coefficient (Wildman–Crippen LogP) is 2.18. The van der Waals surface area contributed by atoms with Crippen LogP contribution in [0.25, 0.3) is 11.2 Å². The maximum Gasteiger partial charge on any atom is 0.191 e. The molecule has 2 aromatic heterocycles. The zero-order valence-electron chi connectivity index (χ0n) is 26.5. The molecule has 0 bridgehead atoms. The summed E-state index contributed by atoms with van der Waals surface area (Å²) in [6, 6.07) is 1.24. The largest absolute Gasteiger partial charge is 0.394 e. The van der Waals surface area contributed by atoms with E-state index in [0.717, 1.165) is 0 Å². The highest BCUT2D eigenvalue weighted by Gasteiger charge is 2.45. The molecule has 0 aliphatic heterocycles. The van der Waals surface area contributed by atoms with Crippen LogP contribution >= 0.6 is 11.8 Å². The average Bonchev–Trinajstić information content (AvgIpc) is 3.20. The van der Waals surface area contributed by atoms with Crippen LogP contribution in [0.1, 0.15) is 58.8 Å². The van der Waals surface area contributed by atoms with Gasteiger partial charge in [-0.2, -0.15) is 0 Å². The summed E-state index contributed by atoms with van der Waals surface area (Å²) in [5, 5.41) is 41.6. The minimum atomic E-state index is -2.66. The fourth-order valence-electron chi connectivity index (χ4n) is 4.21. The number of thioether (sulfide) groups is 1. The smallest absolute Gasteiger partial charge is 0.191 e. The number of ether oxygens (including phenoxy) is 1. The zero-order valence-corrected chi connectivity index (χ0v) is 20.3. The first-order chi connectivity index (χ1) is 19.9. The van der Waals surface area contributed by atoms with Gasteiger partial charge in [0.25, 0.3) is 0 Å². The van der Waals surface area contributed by atoms with Crippen molar-refractivity contribution in [2.75, 3.05) is 24.2 Å². The highest BCUT2D eigenvalue weighted by molar-refractivity contribution is 7.99. The van der Waals surface area contributed by atoms with Gasteiger partial charge in [0.2, 0.25) is 0 Å². The maximum atomic E-state index is 14.3. The summed E-state index contributed by atoms with van der Waals surface area (Å²) in [5.41, 5.74) is -1.20. The van der Waals surface area contributed by atoms with Crippen molar-refractivity contribution < 1.29 is 34.0 Å². The summed E-state index contributed by atoms with van der Waals surface area (Å²) >= 11 is 0.681. The van der Waals surface area contributed by atoms with E-state index < -0.39 is 67.4 Å². The van der Waals surface area contributed by atoms with E-state index in [1.807, 2.05) is 0 Å². The van der Waals surface area contributed by atoms with Gasteiger partial charge in [0.05, 0.1) is 29.4 Å². The number of aliphatic hydroxyl groups is 3. The van der Waals surface area contributed by atoms with Crippen molar-refractivity contribution >= 4 is 28.7 Å². The number of anilines is 1. The van der Waals surface area contributed by atoms with Gasteiger partial charge < -0.3 is 25.4 Å². The Morgan fingerprint density at radius 1 is 1.36 bits per heavy atom. The summed E-state index contributed by atoms with van der Waals surface area (Å²) in [4.78, 5) is 8.75. The van der Waals surface area contributed by atoms with Crippen LogP contribution in [0.3, 0.4) is 0 Å². The monoisotopic (exact) mass is 525 g/mol. The Morgan fingerprint density at radius 3 is 2.94 bits per heavy atom. The first-order valence-electron chi connectivity index (χ1n) is 14.9. The summed E-state index contributed by atoms with van der Waals surface area (Å²) in [7, 11) is 0. The normalized spacial score (nSPS) is 34.7. The standard InChI is InChI=1S/C24H31FN6O4S/c1-3-8-36-24-27-22(26-16-10-14(16)13-5-4-12(2)15(25)9-13)19-23(28-24)31(30-29-19)17-11-18(35-7-6-32)21(34)20(17)33/h4-5,9,14,16-18,20-21,32-34H,3,6-8,10-11H2,1-2H3,(H,26,27,28)/t14-,16+,17+,18-,20-,21+/m0/s1/i6D2,8D2,10D2,16D. The first-order valence-corrected chi connectivity index (χ1v) is 12.3. The molecule has 0 saturated heterocycles. The van der Waals surface area contributed by atoms with Crippen molar-refractivity contribution in [2.45, 2.75) is 74.5 Å². The van der Waals surface area contributed by atoms with Crippen LogP contribution in [0.2, 0.25) is 0 Å². The number of nitrogens with zero attached hydrogens (tertiary/aromatic N) is 5. The van der Waals surface area contributed by atoms with Gasteiger partial charge in [-0.1, -0.05) is 36.0 Å². The lowest BCUT2D eigenvalue weighted by molar-refractivity contribution is -0.0629. The molecule has 10 nitrogen and oxygen atoms in total. The Balaban J connectivity index is 1.53. The number of aliphatic hydroxyl groups excluding tert-OH is 2. The lowest BCUT2D eigenvalue weighted by Crippen LogP contribution is -2.33. The van der Waals surface area contributed by atoms with Gasteiger partial charge in [-0.15, -0.1) is 5.10 Å². The predicted molar refractivity (Wildman–Crippen MR) is 133 cm³/mol. The van der Waals surface area contributed by atoms with E-state index in [-0.39, 0.29) is 40.5 Å². The van der Waals surface area contributed by atoms with Gasteiger partial charge >= 0.3 is 0 Å². The van der Waals surface area contributed by atoms with Crippen LogP contribution in [0.4, 0.5) is 10.2 Å². The summed E-state index contributed by atoms with van der Waals surface area (Å²) < 4.78 is 77.8. The molecule has 1 aromatic carbocycles. The Kier molecular flexibility index (Phi) is 5.26. The van der Waals surface area contributed by atoms with Gasteiger partial charge in [0.15, 0.2) is 22.1 Å². The van der Waals surface area contributed by atoms with Crippen LogP contribution in [0.15, 0.2) is 23.4 Å². The quantitative estimate of drug-likeness (QED) is 0.230. The SMILES string of the molecule is [2H]C([2H])(O)CO[C@H]1C[C@@H](n2nnc3c(N[C@@]4([2H])[C@H](c5ccc(C)c(F)c5)C4([2H])[2H])nc(SC([2H])([2H])CC)nc32)[C@H](O)[C@@H]1O. The molecule has 2 aliphatic rings. The number of fused-ring (bicyclic) bond motifs is 1. The summed E-state index contributed by atoms with van der Waals surface area (Å²) in [6.45, 7) is -0.218. The summed E-state index contributed by atoms with van der Waals surface area (Å²) in [5.74, 6) is -1.76. The molecule has 0 unspecified atom stereocenters. The molecule has 6 atom stereocenters. The van der Waals surface area contributed by atoms with Crippen molar-refractivity contribution in [3.05, 3.63) is 35.1 Å². The third-order valence-corrected chi connectivity index (χ3v) is 6.97. The molecule has 4 N–H and O–H groups in total. The number of aryl methyl sites for hydroxylation is 1. The van der Waals surface area contributed by atoms with Crippen LogP contribution in [-0.4, -0.2) is 83.5 Å². The third-order valence-electron chi connectivity index (χ3n) is 6.17. The second-order valence-electron chi connectivity index (χ2n) is 8.58. The Hall–Kier alpha value is -2.38. The van der Waals surface area contributed by atoms with Crippen molar-refractivity contribution in [1.82, 2.24) is 25.0 Å². The highest BCUT2D eigenvalue weighted by Crippen LogP contribution is 2.44. The van der Waals surface area contributed by atoms with Crippen molar-refractivity contribution in [3.8, 4) is 0 Å². The van der Waals surface area contributed by atoms with Crippen molar-refractivity contribution in [3.63, 3.8) is 0 Å². The van der Waals surface area contributed by atoms with Gasteiger partial charge in [-0.3, -0.25) is 0 Å². The van der Waals surface area contributed by atoms with E-state index in [1.54, 1.807) is 19.9 Å². The van der Waals surface area contributed by atoms with Gasteiger partial charge in [0, 0.05) is 29.5 Å². The second-order valence-corrected chi connectivity index (χ2v) is 9.44. The van der Waals surface area contributed by atoms with Crippen LogP contribution in [0, 0.1) is 12.7 Å². The van der Waals surface area contributed by atoms with Crippen molar-refractivity contribution in [1.29, 1.82) is 0 Å². The number of halogens is 1. The van der Waals surface area contributed by atoms with Crippen molar-refractivity contribution in [2.24, 2.45) is 0 Å². The number of nitrogens with one attached hydrogen (secondary N) is 1. The molecule has 0 spiro atoms. The van der Waals surface area contributed by atoms with Crippen LogP contribution in [-0.2, 0) is 4.74 Å². The maximum absolute atomic E-state index is 14.3. The summed E-state index contributed by atoms with van der Waals surface area (Å²) in [6.07, 6.45) is -6.16. The topological polar surface area (TPSA) is 138 Å². The number of aromatic nitrogens is 5. The molecular weight excluding hydrogens is 487 g/mol. The minimum absolute atomic E-state index is 0.0102. The molecule has 2 fully saturated rings. The van der Waals surface area contributed by atoms with E-state index in [4.69, 9.17) is 14.3 Å². The van der Waals surface area contributed by atoms with E-state index in [2.05, 4.69) is 25.6 Å². The van der Waals surface area contributed by atoms with Crippen LogP contribution in [0.5, 0.6) is 0 Å². The van der Waals surface area contributed by atoms with E-state index in [1.165, 1.54) is 16.8 Å². The first kappa shape index (κ1) is 18.0. The lowest BCUT2D eigenvalue weighted by atomic mass is 10.1. The Bertz CT molecular complexity index is 1530. The molecule has 2 aliphatic carbocycles. The molecular formula is C24H31FN6O4S. The highest BCUT2D eigenvalue weighted by atomic mass is 32.2. The zero-order chi connectivity index (χ0) is 31.7. The number of benzene rings is 1. The Labute approximate surface area is 222 Å². The molecule has 194 valence electrons. The number of hydrogen-bond donors (Lipinski definition) is 4. The molecule has 0 amide bonds. The fraction of sp³-hybridized carbons (Fsp3) is 0.583. The fourth-order valence-corrected chi connectivity index (χ4v) is 4.75. The average molecular weight is 526 g/mol. The molecule has 12 heteroatoms. The number of hydrogen-bond acceptors (Lipinski definition) is 10. The molecule has 2 heterocycles. The van der Waals surface area contributed by atoms with E-state index in [9.17, 15) is 19.7 Å². The molecule has 0 radical (unpaired) electrons. The van der Waals surface area contributed by atoms with Gasteiger partial charge in [-0.25, -0.2) is 19.0 Å². The second kappa shape index (κ2) is 10.5. The Morgan fingerprint density at radius 2 is 2.19 bits per heavy atom. The van der Waals surface area contributed by atoms with E-state index in [0.29, 0.717) is 17.3 Å².